The zero-order chi connectivity index (χ0) is 14.8. The largest absolute Gasteiger partial charge is 0.478 e. The normalized spacial score (nSPS) is 11.7. The van der Waals surface area contributed by atoms with E-state index in [2.05, 4.69) is 4.98 Å². The van der Waals surface area contributed by atoms with Gasteiger partial charge in [0, 0.05) is 11.7 Å². The van der Waals surface area contributed by atoms with Crippen molar-refractivity contribution < 1.29 is 23.1 Å². The third kappa shape index (κ3) is 4.42. The molecule has 0 spiro atoms. The first-order valence-electron chi connectivity index (χ1n) is 5.65. The maximum absolute atomic E-state index is 12.5. The van der Waals surface area contributed by atoms with Crippen molar-refractivity contribution >= 4 is 11.8 Å². The number of rotatable bonds is 4. The number of aromatic nitrogens is 1. The number of hydrogen-bond acceptors (Lipinski definition) is 3. The highest BCUT2D eigenvalue weighted by atomic mass is 19.4. The lowest BCUT2D eigenvalue weighted by molar-refractivity contribution is -0.120. The zero-order valence-corrected chi connectivity index (χ0v) is 10.8. The molecule has 0 aliphatic heterocycles. The van der Waals surface area contributed by atoms with Crippen LogP contribution in [0.3, 0.4) is 0 Å². The van der Waals surface area contributed by atoms with E-state index in [4.69, 9.17) is 5.11 Å². The number of pyridine rings is 1. The molecule has 0 aliphatic rings. The van der Waals surface area contributed by atoms with Crippen molar-refractivity contribution in [2.24, 2.45) is 0 Å². The summed E-state index contributed by atoms with van der Waals surface area (Å²) in [4.78, 5) is 15.9. The van der Waals surface area contributed by atoms with Crippen LogP contribution in [0, 0.1) is 6.92 Å². The van der Waals surface area contributed by atoms with Crippen LogP contribution in [-0.2, 0) is 0 Å². The fraction of sp³-hybridized carbons (Fsp3) is 0.500. The van der Waals surface area contributed by atoms with Gasteiger partial charge in [0.05, 0.1) is 5.56 Å². The van der Waals surface area contributed by atoms with E-state index in [1.165, 1.54) is 6.07 Å². The average molecular weight is 276 g/mol. The van der Waals surface area contributed by atoms with Gasteiger partial charge in [-0.2, -0.15) is 13.2 Å². The first-order valence-corrected chi connectivity index (χ1v) is 5.65. The van der Waals surface area contributed by atoms with Gasteiger partial charge in [0.15, 0.2) is 0 Å². The van der Waals surface area contributed by atoms with Crippen molar-refractivity contribution in [2.45, 2.75) is 33.0 Å². The predicted octanol–water partition coefficient (Wildman–Crippen LogP) is 2.87. The van der Waals surface area contributed by atoms with Crippen LogP contribution in [0.1, 0.15) is 29.9 Å². The van der Waals surface area contributed by atoms with E-state index < -0.39 is 24.7 Å². The molecule has 0 aliphatic carbocycles. The monoisotopic (exact) mass is 276 g/mol. The molecule has 0 fully saturated rings. The molecule has 0 unspecified atom stereocenters. The number of nitrogens with zero attached hydrogens (tertiary/aromatic N) is 2. The summed E-state index contributed by atoms with van der Waals surface area (Å²) >= 11 is 0. The highest BCUT2D eigenvalue weighted by Gasteiger charge is 2.32. The van der Waals surface area contributed by atoms with Crippen LogP contribution in [0.4, 0.5) is 19.0 Å². The van der Waals surface area contributed by atoms with Gasteiger partial charge in [-0.3, -0.25) is 0 Å². The fourth-order valence-corrected chi connectivity index (χ4v) is 1.64. The Labute approximate surface area is 108 Å². The third-order valence-electron chi connectivity index (χ3n) is 2.45. The molecule has 0 saturated carbocycles. The molecule has 1 heterocycles. The third-order valence-corrected chi connectivity index (χ3v) is 2.45. The maximum Gasteiger partial charge on any atom is 0.405 e. The van der Waals surface area contributed by atoms with Crippen LogP contribution in [0.5, 0.6) is 0 Å². The molecule has 0 atom stereocenters. The number of alkyl halides is 3. The van der Waals surface area contributed by atoms with E-state index in [1.807, 2.05) is 0 Å². The van der Waals surface area contributed by atoms with Gasteiger partial charge in [-0.05, 0) is 32.9 Å². The standard InChI is InChI=1S/C12H15F3N2O2/c1-7(2)17(6-12(13,14)15)10-5-9(11(18)19)4-8(3)16-10/h4-5,7H,6H2,1-3H3,(H,18,19). The number of anilines is 1. The van der Waals surface area contributed by atoms with Gasteiger partial charge in [0.1, 0.15) is 12.4 Å². The van der Waals surface area contributed by atoms with Crippen molar-refractivity contribution in [1.29, 1.82) is 0 Å². The predicted molar refractivity (Wildman–Crippen MR) is 64.5 cm³/mol. The van der Waals surface area contributed by atoms with E-state index >= 15 is 0 Å². The molecule has 0 aromatic carbocycles. The average Bonchev–Trinajstić information content (AvgIpc) is 2.23. The molecule has 1 aromatic heterocycles. The lowest BCUT2D eigenvalue weighted by atomic mass is 10.2. The van der Waals surface area contributed by atoms with Gasteiger partial charge in [0.2, 0.25) is 0 Å². The number of halogens is 3. The van der Waals surface area contributed by atoms with E-state index in [0.717, 1.165) is 11.0 Å². The molecule has 4 nitrogen and oxygen atoms in total. The van der Waals surface area contributed by atoms with Gasteiger partial charge in [-0.25, -0.2) is 9.78 Å². The van der Waals surface area contributed by atoms with Crippen LogP contribution in [-0.4, -0.2) is 34.8 Å². The first kappa shape index (κ1) is 15.3. The van der Waals surface area contributed by atoms with E-state index in [0.29, 0.717) is 5.69 Å². The van der Waals surface area contributed by atoms with Crippen molar-refractivity contribution in [3.05, 3.63) is 23.4 Å². The quantitative estimate of drug-likeness (QED) is 0.918. The number of carbonyl (C=O) groups is 1. The summed E-state index contributed by atoms with van der Waals surface area (Å²) in [6, 6.07) is 2.02. The smallest absolute Gasteiger partial charge is 0.405 e. The SMILES string of the molecule is Cc1cc(C(=O)O)cc(N(CC(F)(F)F)C(C)C)n1. The van der Waals surface area contributed by atoms with Gasteiger partial charge < -0.3 is 10.0 Å². The molecular weight excluding hydrogens is 261 g/mol. The number of aryl methyl sites for hydroxylation is 1. The Morgan fingerprint density at radius 2 is 2.00 bits per heavy atom. The Bertz CT molecular complexity index is 473. The van der Waals surface area contributed by atoms with Gasteiger partial charge in [0.25, 0.3) is 0 Å². The minimum atomic E-state index is -4.38. The molecule has 7 heteroatoms. The van der Waals surface area contributed by atoms with Crippen LogP contribution < -0.4 is 4.90 Å². The highest BCUT2D eigenvalue weighted by molar-refractivity contribution is 5.88. The second-order valence-corrected chi connectivity index (χ2v) is 4.50. The Hall–Kier alpha value is -1.79. The lowest BCUT2D eigenvalue weighted by Crippen LogP contribution is -2.39. The van der Waals surface area contributed by atoms with E-state index in [-0.39, 0.29) is 11.4 Å². The molecular formula is C12H15F3N2O2. The van der Waals surface area contributed by atoms with Gasteiger partial charge >= 0.3 is 12.1 Å². The van der Waals surface area contributed by atoms with Crippen LogP contribution >= 0.6 is 0 Å². The second-order valence-electron chi connectivity index (χ2n) is 4.50. The van der Waals surface area contributed by atoms with Crippen molar-refractivity contribution in [2.75, 3.05) is 11.4 Å². The minimum absolute atomic E-state index is 0.0183. The summed E-state index contributed by atoms with van der Waals surface area (Å²) < 4.78 is 37.6. The molecule has 0 amide bonds. The van der Waals surface area contributed by atoms with E-state index in [9.17, 15) is 18.0 Å². The van der Waals surface area contributed by atoms with Crippen LogP contribution in [0.15, 0.2) is 12.1 Å². The molecule has 106 valence electrons. The molecule has 0 radical (unpaired) electrons. The van der Waals surface area contributed by atoms with Crippen LogP contribution in [0.25, 0.3) is 0 Å². The summed E-state index contributed by atoms with van der Waals surface area (Å²) in [6.07, 6.45) is -4.38. The molecule has 19 heavy (non-hydrogen) atoms. The maximum atomic E-state index is 12.5. The second kappa shape index (κ2) is 5.46. The van der Waals surface area contributed by atoms with Gasteiger partial charge in [-0.1, -0.05) is 0 Å². The summed E-state index contributed by atoms with van der Waals surface area (Å²) in [7, 11) is 0. The van der Waals surface area contributed by atoms with Crippen molar-refractivity contribution in [3.63, 3.8) is 0 Å². The fourth-order valence-electron chi connectivity index (χ4n) is 1.64. The van der Waals surface area contributed by atoms with E-state index in [1.54, 1.807) is 20.8 Å². The lowest BCUT2D eigenvalue weighted by Gasteiger charge is -2.29. The Morgan fingerprint density at radius 1 is 1.42 bits per heavy atom. The summed E-state index contributed by atoms with van der Waals surface area (Å²) in [5.41, 5.74) is 0.290. The molecule has 0 saturated heterocycles. The first-order chi connectivity index (χ1) is 8.60. The van der Waals surface area contributed by atoms with Crippen molar-refractivity contribution in [3.8, 4) is 0 Å². The zero-order valence-electron chi connectivity index (χ0n) is 10.8. The summed E-state index contributed by atoms with van der Waals surface area (Å²) in [5, 5.41) is 8.92. The molecule has 1 rings (SSSR count). The number of aromatic carboxylic acids is 1. The Balaban J connectivity index is 3.19. The molecule has 1 N–H and O–H groups in total. The van der Waals surface area contributed by atoms with Crippen LogP contribution in [0.2, 0.25) is 0 Å². The van der Waals surface area contributed by atoms with Gasteiger partial charge in [-0.15, -0.1) is 0 Å². The number of carboxylic acids is 1. The Kier molecular flexibility index (Phi) is 4.39. The minimum Gasteiger partial charge on any atom is -0.478 e. The summed E-state index contributed by atoms with van der Waals surface area (Å²) in [5.74, 6) is -1.17. The highest BCUT2D eigenvalue weighted by Crippen LogP contribution is 2.24. The number of hydrogen-bond donors (Lipinski definition) is 1. The number of carboxylic acid groups (broad SMARTS) is 1. The Morgan fingerprint density at radius 3 is 2.42 bits per heavy atom. The molecule has 1 aromatic rings. The summed E-state index contributed by atoms with van der Waals surface area (Å²) in [6.45, 7) is 3.56. The van der Waals surface area contributed by atoms with Crippen molar-refractivity contribution in [1.82, 2.24) is 4.98 Å². The topological polar surface area (TPSA) is 53.4 Å². The molecule has 0 bridgehead atoms.